The van der Waals surface area contributed by atoms with Crippen molar-refractivity contribution in [3.05, 3.63) is 17.5 Å². The van der Waals surface area contributed by atoms with Crippen LogP contribution in [0.25, 0.3) is 0 Å². The van der Waals surface area contributed by atoms with E-state index in [-0.39, 0.29) is 0 Å². The molecule has 0 saturated carbocycles. The van der Waals surface area contributed by atoms with Crippen molar-refractivity contribution in [2.45, 2.75) is 53.0 Å². The molecule has 1 aromatic rings. The Labute approximate surface area is 122 Å². The van der Waals surface area contributed by atoms with Crippen molar-refractivity contribution in [1.29, 1.82) is 0 Å². The number of aryl methyl sites for hydroxylation is 2. The van der Waals surface area contributed by atoms with Gasteiger partial charge in [0.05, 0.1) is 5.69 Å². The Morgan fingerprint density at radius 3 is 2.65 bits per heavy atom. The fourth-order valence-corrected chi connectivity index (χ4v) is 3.10. The predicted molar refractivity (Wildman–Crippen MR) is 82.0 cm³/mol. The van der Waals surface area contributed by atoms with Crippen molar-refractivity contribution in [3.8, 4) is 0 Å². The molecule has 114 valence electrons. The van der Waals surface area contributed by atoms with Crippen LogP contribution in [0.4, 0.5) is 0 Å². The lowest BCUT2D eigenvalue weighted by molar-refractivity contribution is 0.0142. The first kappa shape index (κ1) is 15.5. The number of nitrogens with one attached hydrogen (secondary N) is 1. The molecule has 0 aliphatic carbocycles. The van der Waals surface area contributed by atoms with Gasteiger partial charge in [-0.15, -0.1) is 0 Å². The number of hydrogen-bond acceptors (Lipinski definition) is 3. The third kappa shape index (κ3) is 3.61. The summed E-state index contributed by atoms with van der Waals surface area (Å²) in [5.41, 5.74) is 2.95. The number of hydrogen-bond donors (Lipinski definition) is 1. The topological polar surface area (TPSA) is 39.1 Å². The van der Waals surface area contributed by atoms with E-state index >= 15 is 0 Å². The van der Waals surface area contributed by atoms with Crippen LogP contribution in [-0.2, 0) is 24.1 Å². The quantitative estimate of drug-likeness (QED) is 0.833. The molecule has 0 bridgehead atoms. The fraction of sp³-hybridized carbons (Fsp3) is 0.812. The van der Waals surface area contributed by atoms with Crippen LogP contribution in [0.1, 0.15) is 45.0 Å². The Kier molecular flexibility index (Phi) is 5.61. The number of aromatic nitrogens is 2. The second-order valence-electron chi connectivity index (χ2n) is 5.87. The van der Waals surface area contributed by atoms with Crippen molar-refractivity contribution in [1.82, 2.24) is 15.1 Å². The largest absolute Gasteiger partial charge is 0.381 e. The van der Waals surface area contributed by atoms with Crippen LogP contribution in [0.2, 0.25) is 0 Å². The van der Waals surface area contributed by atoms with E-state index in [1.54, 1.807) is 0 Å². The van der Waals surface area contributed by atoms with Gasteiger partial charge >= 0.3 is 0 Å². The van der Waals surface area contributed by atoms with E-state index in [0.29, 0.717) is 5.41 Å². The molecule has 0 atom stereocenters. The van der Waals surface area contributed by atoms with Crippen molar-refractivity contribution in [3.63, 3.8) is 0 Å². The van der Waals surface area contributed by atoms with Gasteiger partial charge in [0, 0.05) is 32.0 Å². The molecule has 1 aliphatic heterocycles. The Bertz CT molecular complexity index is 408. The summed E-state index contributed by atoms with van der Waals surface area (Å²) in [5, 5.41) is 8.24. The molecule has 20 heavy (non-hydrogen) atoms. The molecule has 4 nitrogen and oxygen atoms in total. The van der Waals surface area contributed by atoms with Gasteiger partial charge in [0.2, 0.25) is 0 Å². The zero-order valence-corrected chi connectivity index (χ0v) is 13.2. The zero-order chi connectivity index (χ0) is 14.4. The van der Waals surface area contributed by atoms with Gasteiger partial charge in [-0.2, -0.15) is 5.10 Å². The van der Waals surface area contributed by atoms with Gasteiger partial charge in [0.25, 0.3) is 0 Å². The molecular formula is C16H29N3O. The summed E-state index contributed by atoms with van der Waals surface area (Å²) in [7, 11) is 0. The van der Waals surface area contributed by atoms with Crippen LogP contribution in [0.15, 0.2) is 6.07 Å². The lowest BCUT2D eigenvalue weighted by Crippen LogP contribution is -2.41. The Balaban J connectivity index is 2.15. The van der Waals surface area contributed by atoms with Gasteiger partial charge in [-0.05, 0) is 50.6 Å². The highest BCUT2D eigenvalue weighted by Gasteiger charge is 2.33. The monoisotopic (exact) mass is 279 g/mol. The van der Waals surface area contributed by atoms with Crippen LogP contribution in [0.3, 0.4) is 0 Å². The third-order valence-electron chi connectivity index (χ3n) is 4.44. The minimum absolute atomic E-state index is 0.340. The van der Waals surface area contributed by atoms with Crippen LogP contribution in [-0.4, -0.2) is 36.1 Å². The standard InChI is InChI=1S/C16H29N3O/c1-4-14-11-15(19(6-3)18-14)12-16(13-17-5-2)7-9-20-10-8-16/h11,17H,4-10,12-13H2,1-3H3. The molecule has 1 N–H and O–H groups in total. The van der Waals surface area contributed by atoms with Crippen molar-refractivity contribution >= 4 is 0 Å². The maximum atomic E-state index is 5.58. The van der Waals surface area contributed by atoms with Gasteiger partial charge in [-0.1, -0.05) is 13.8 Å². The van der Waals surface area contributed by atoms with Gasteiger partial charge in [0.1, 0.15) is 0 Å². The number of rotatable bonds is 7. The molecule has 0 unspecified atom stereocenters. The van der Waals surface area contributed by atoms with E-state index in [0.717, 1.165) is 58.5 Å². The summed E-state index contributed by atoms with van der Waals surface area (Å²) in [6.45, 7) is 11.4. The Morgan fingerprint density at radius 1 is 1.30 bits per heavy atom. The first-order chi connectivity index (χ1) is 9.73. The predicted octanol–water partition coefficient (Wildman–Crippen LogP) is 2.41. The van der Waals surface area contributed by atoms with Crippen molar-refractivity contribution < 1.29 is 4.74 Å². The number of nitrogens with zero attached hydrogens (tertiary/aromatic N) is 2. The van der Waals surface area contributed by atoms with Crippen LogP contribution in [0.5, 0.6) is 0 Å². The average Bonchev–Trinajstić information content (AvgIpc) is 2.88. The molecule has 4 heteroatoms. The highest BCUT2D eigenvalue weighted by Crippen LogP contribution is 2.34. The smallest absolute Gasteiger partial charge is 0.0624 e. The molecule has 2 heterocycles. The van der Waals surface area contributed by atoms with Crippen LogP contribution in [0, 0.1) is 5.41 Å². The summed E-state index contributed by atoms with van der Waals surface area (Å²) in [4.78, 5) is 0. The molecule has 1 fully saturated rings. The fourth-order valence-electron chi connectivity index (χ4n) is 3.10. The lowest BCUT2D eigenvalue weighted by Gasteiger charge is -2.37. The molecule has 0 amide bonds. The van der Waals surface area contributed by atoms with E-state index in [9.17, 15) is 0 Å². The normalized spacial score (nSPS) is 18.4. The summed E-state index contributed by atoms with van der Waals surface area (Å²) >= 11 is 0. The molecular weight excluding hydrogens is 250 g/mol. The summed E-state index contributed by atoms with van der Waals surface area (Å²) < 4.78 is 7.76. The van der Waals surface area contributed by atoms with Gasteiger partial charge < -0.3 is 10.1 Å². The summed E-state index contributed by atoms with van der Waals surface area (Å²) in [6.07, 6.45) is 4.43. The van der Waals surface area contributed by atoms with Crippen LogP contribution >= 0.6 is 0 Å². The third-order valence-corrected chi connectivity index (χ3v) is 4.44. The molecule has 0 spiro atoms. The van der Waals surface area contributed by atoms with E-state index < -0.39 is 0 Å². The summed E-state index contributed by atoms with van der Waals surface area (Å²) in [6, 6.07) is 2.30. The van der Waals surface area contributed by atoms with E-state index in [1.165, 1.54) is 11.4 Å². The molecule has 1 saturated heterocycles. The second-order valence-corrected chi connectivity index (χ2v) is 5.87. The molecule has 1 aliphatic rings. The van der Waals surface area contributed by atoms with Gasteiger partial charge in [-0.3, -0.25) is 4.68 Å². The SMILES string of the molecule is CCNCC1(Cc2cc(CC)nn2CC)CCOCC1. The highest BCUT2D eigenvalue weighted by molar-refractivity contribution is 5.13. The Hall–Kier alpha value is -0.870. The second kappa shape index (κ2) is 7.23. The minimum Gasteiger partial charge on any atom is -0.381 e. The van der Waals surface area contributed by atoms with Gasteiger partial charge in [-0.25, -0.2) is 0 Å². The van der Waals surface area contributed by atoms with Gasteiger partial charge in [0.15, 0.2) is 0 Å². The van der Waals surface area contributed by atoms with Crippen molar-refractivity contribution in [2.75, 3.05) is 26.3 Å². The lowest BCUT2D eigenvalue weighted by atomic mass is 9.76. The van der Waals surface area contributed by atoms with E-state index in [1.807, 2.05) is 0 Å². The first-order valence-electron chi connectivity index (χ1n) is 8.07. The molecule has 1 aromatic heterocycles. The zero-order valence-electron chi connectivity index (χ0n) is 13.2. The maximum Gasteiger partial charge on any atom is 0.0624 e. The van der Waals surface area contributed by atoms with Crippen molar-refractivity contribution in [2.24, 2.45) is 5.41 Å². The molecule has 0 radical (unpaired) electrons. The average molecular weight is 279 g/mol. The van der Waals surface area contributed by atoms with E-state index in [4.69, 9.17) is 4.74 Å². The first-order valence-corrected chi connectivity index (χ1v) is 8.07. The molecule has 2 rings (SSSR count). The van der Waals surface area contributed by atoms with E-state index in [2.05, 4.69) is 41.9 Å². The summed E-state index contributed by atoms with van der Waals surface area (Å²) in [5.74, 6) is 0. The Morgan fingerprint density at radius 2 is 2.05 bits per heavy atom. The molecule has 0 aromatic carbocycles. The van der Waals surface area contributed by atoms with Crippen LogP contribution < -0.4 is 5.32 Å². The highest BCUT2D eigenvalue weighted by atomic mass is 16.5. The maximum absolute atomic E-state index is 5.58. The number of ether oxygens (including phenoxy) is 1. The minimum atomic E-state index is 0.340.